The summed E-state index contributed by atoms with van der Waals surface area (Å²) in [5.74, 6) is 0. The predicted octanol–water partition coefficient (Wildman–Crippen LogP) is 0.825. The molecule has 1 aliphatic rings. The van der Waals surface area contributed by atoms with E-state index in [1.165, 1.54) is 11.3 Å². The number of hydrogen-bond donors (Lipinski definition) is 2. The average molecular weight is 221 g/mol. The Hall–Kier alpha value is -1.26. The number of benzene rings is 1. The summed E-state index contributed by atoms with van der Waals surface area (Å²) in [4.78, 5) is 2.38. The van der Waals surface area contributed by atoms with Gasteiger partial charge in [0.1, 0.15) is 0 Å². The number of nitrogen functional groups attached to an aromatic ring is 1. The zero-order valence-corrected chi connectivity index (χ0v) is 9.70. The number of ether oxygens (including phenoxy) is 1. The van der Waals surface area contributed by atoms with E-state index in [2.05, 4.69) is 16.3 Å². The maximum Gasteiger partial charge on any atom is 0.0734 e. The Balaban J connectivity index is 2.23. The second-order valence-corrected chi connectivity index (χ2v) is 4.06. The van der Waals surface area contributed by atoms with Gasteiger partial charge in [-0.05, 0) is 18.2 Å². The number of piperazine rings is 1. The van der Waals surface area contributed by atoms with Crippen LogP contribution in [0.1, 0.15) is 5.56 Å². The van der Waals surface area contributed by atoms with Crippen molar-refractivity contribution >= 4 is 11.4 Å². The van der Waals surface area contributed by atoms with Gasteiger partial charge in [0.2, 0.25) is 0 Å². The molecule has 0 unspecified atom stereocenters. The van der Waals surface area contributed by atoms with Crippen LogP contribution in [-0.4, -0.2) is 33.3 Å². The van der Waals surface area contributed by atoms with Crippen molar-refractivity contribution in [3.8, 4) is 0 Å². The Kier molecular flexibility index (Phi) is 3.64. The fraction of sp³-hybridized carbons (Fsp3) is 0.500. The van der Waals surface area contributed by atoms with Crippen molar-refractivity contribution < 1.29 is 4.74 Å². The number of methoxy groups -OCH3 is 1. The molecule has 2 rings (SSSR count). The molecule has 0 spiro atoms. The summed E-state index contributed by atoms with van der Waals surface area (Å²) in [5, 5.41) is 3.35. The van der Waals surface area contributed by atoms with Crippen LogP contribution in [0.15, 0.2) is 18.2 Å². The van der Waals surface area contributed by atoms with Gasteiger partial charge in [-0.2, -0.15) is 0 Å². The fourth-order valence-electron chi connectivity index (χ4n) is 2.09. The fourth-order valence-corrected chi connectivity index (χ4v) is 2.09. The molecule has 1 heterocycles. The van der Waals surface area contributed by atoms with E-state index < -0.39 is 0 Å². The molecule has 88 valence electrons. The van der Waals surface area contributed by atoms with Crippen LogP contribution >= 0.6 is 0 Å². The van der Waals surface area contributed by atoms with Crippen molar-refractivity contribution in [3.05, 3.63) is 23.8 Å². The molecule has 1 aromatic rings. The number of hydrogen-bond acceptors (Lipinski definition) is 4. The third-order valence-corrected chi connectivity index (χ3v) is 2.86. The highest BCUT2D eigenvalue weighted by atomic mass is 16.5. The van der Waals surface area contributed by atoms with Crippen molar-refractivity contribution in [2.75, 3.05) is 43.9 Å². The van der Waals surface area contributed by atoms with Gasteiger partial charge < -0.3 is 20.7 Å². The van der Waals surface area contributed by atoms with Gasteiger partial charge >= 0.3 is 0 Å². The normalized spacial score (nSPS) is 16.4. The summed E-state index contributed by atoms with van der Waals surface area (Å²) in [5.41, 5.74) is 9.02. The summed E-state index contributed by atoms with van der Waals surface area (Å²) in [6.45, 7) is 4.78. The van der Waals surface area contributed by atoms with Gasteiger partial charge in [-0.1, -0.05) is 0 Å². The topological polar surface area (TPSA) is 50.5 Å². The van der Waals surface area contributed by atoms with E-state index in [9.17, 15) is 0 Å². The largest absolute Gasteiger partial charge is 0.399 e. The third-order valence-electron chi connectivity index (χ3n) is 2.86. The number of nitrogens with one attached hydrogen (secondary N) is 1. The first-order chi connectivity index (χ1) is 7.81. The van der Waals surface area contributed by atoms with Crippen molar-refractivity contribution in [1.29, 1.82) is 0 Å². The molecule has 0 amide bonds. The van der Waals surface area contributed by atoms with Crippen LogP contribution in [0.4, 0.5) is 11.4 Å². The minimum absolute atomic E-state index is 0.615. The molecule has 4 heteroatoms. The second kappa shape index (κ2) is 5.18. The van der Waals surface area contributed by atoms with Gasteiger partial charge in [-0.15, -0.1) is 0 Å². The zero-order chi connectivity index (χ0) is 11.4. The highest BCUT2D eigenvalue weighted by molar-refractivity contribution is 5.59. The molecule has 1 saturated heterocycles. The lowest BCUT2D eigenvalue weighted by Crippen LogP contribution is -2.43. The molecule has 0 atom stereocenters. The summed E-state index contributed by atoms with van der Waals surface area (Å²) < 4.78 is 5.22. The molecule has 0 saturated carbocycles. The standard InChI is InChI=1S/C12H19N3O/c1-16-9-10-8-11(13)2-3-12(10)15-6-4-14-5-7-15/h2-3,8,14H,4-7,9,13H2,1H3. The van der Waals surface area contributed by atoms with E-state index in [1.807, 2.05) is 12.1 Å². The lowest BCUT2D eigenvalue weighted by atomic mass is 10.1. The molecular weight excluding hydrogens is 202 g/mol. The van der Waals surface area contributed by atoms with Crippen LogP contribution in [0, 0.1) is 0 Å². The lowest BCUT2D eigenvalue weighted by molar-refractivity contribution is 0.185. The predicted molar refractivity (Wildman–Crippen MR) is 66.7 cm³/mol. The first-order valence-electron chi connectivity index (χ1n) is 5.64. The summed E-state index contributed by atoms with van der Waals surface area (Å²) in [6.07, 6.45) is 0. The van der Waals surface area contributed by atoms with Gasteiger partial charge in [0, 0.05) is 50.2 Å². The van der Waals surface area contributed by atoms with E-state index >= 15 is 0 Å². The van der Waals surface area contributed by atoms with Gasteiger partial charge in [-0.3, -0.25) is 0 Å². The molecule has 3 N–H and O–H groups in total. The summed E-state index contributed by atoms with van der Waals surface area (Å²) >= 11 is 0. The van der Waals surface area contributed by atoms with Gasteiger partial charge in [-0.25, -0.2) is 0 Å². The van der Waals surface area contributed by atoms with E-state index in [0.29, 0.717) is 6.61 Å². The molecule has 1 aromatic carbocycles. The van der Waals surface area contributed by atoms with Gasteiger partial charge in [0.05, 0.1) is 6.61 Å². The first kappa shape index (κ1) is 11.2. The molecule has 0 radical (unpaired) electrons. The van der Waals surface area contributed by atoms with Crippen molar-refractivity contribution in [2.45, 2.75) is 6.61 Å². The van der Waals surface area contributed by atoms with E-state index in [4.69, 9.17) is 10.5 Å². The maximum absolute atomic E-state index is 5.80. The molecule has 0 aromatic heterocycles. The van der Waals surface area contributed by atoms with E-state index in [0.717, 1.165) is 31.9 Å². The highest BCUT2D eigenvalue weighted by Gasteiger charge is 2.13. The molecule has 0 aliphatic carbocycles. The van der Waals surface area contributed by atoms with E-state index in [-0.39, 0.29) is 0 Å². The van der Waals surface area contributed by atoms with Crippen LogP contribution in [0.2, 0.25) is 0 Å². The Morgan fingerprint density at radius 3 is 2.81 bits per heavy atom. The highest BCUT2D eigenvalue weighted by Crippen LogP contribution is 2.24. The average Bonchev–Trinajstić information content (AvgIpc) is 2.31. The van der Waals surface area contributed by atoms with Crippen LogP contribution in [0.5, 0.6) is 0 Å². The van der Waals surface area contributed by atoms with E-state index in [1.54, 1.807) is 7.11 Å². The first-order valence-corrected chi connectivity index (χ1v) is 5.64. The quantitative estimate of drug-likeness (QED) is 0.742. The minimum atomic E-state index is 0.615. The van der Waals surface area contributed by atoms with Gasteiger partial charge in [0.25, 0.3) is 0 Å². The maximum atomic E-state index is 5.80. The third kappa shape index (κ3) is 2.46. The smallest absolute Gasteiger partial charge is 0.0734 e. The van der Waals surface area contributed by atoms with Crippen LogP contribution in [-0.2, 0) is 11.3 Å². The van der Waals surface area contributed by atoms with Crippen molar-refractivity contribution in [2.24, 2.45) is 0 Å². The SMILES string of the molecule is COCc1cc(N)ccc1N1CCNCC1. The summed E-state index contributed by atoms with van der Waals surface area (Å²) in [7, 11) is 1.71. The zero-order valence-electron chi connectivity index (χ0n) is 9.70. The van der Waals surface area contributed by atoms with Crippen LogP contribution in [0.3, 0.4) is 0 Å². The second-order valence-electron chi connectivity index (χ2n) is 4.06. The molecule has 0 bridgehead atoms. The van der Waals surface area contributed by atoms with Crippen molar-refractivity contribution in [1.82, 2.24) is 5.32 Å². The molecule has 4 nitrogen and oxygen atoms in total. The van der Waals surface area contributed by atoms with Crippen LogP contribution < -0.4 is 16.0 Å². The number of nitrogens with two attached hydrogens (primary N) is 1. The minimum Gasteiger partial charge on any atom is -0.399 e. The number of rotatable bonds is 3. The molecule has 16 heavy (non-hydrogen) atoms. The number of nitrogens with zero attached hydrogens (tertiary/aromatic N) is 1. The monoisotopic (exact) mass is 221 g/mol. The van der Waals surface area contributed by atoms with Crippen LogP contribution in [0.25, 0.3) is 0 Å². The number of anilines is 2. The van der Waals surface area contributed by atoms with Gasteiger partial charge in [0.15, 0.2) is 0 Å². The molecule has 1 aliphatic heterocycles. The molecule has 1 fully saturated rings. The summed E-state index contributed by atoms with van der Waals surface area (Å²) in [6, 6.07) is 6.05. The lowest BCUT2D eigenvalue weighted by Gasteiger charge is -2.31. The van der Waals surface area contributed by atoms with Crippen molar-refractivity contribution in [3.63, 3.8) is 0 Å². The Morgan fingerprint density at radius 1 is 1.38 bits per heavy atom. The molecular formula is C12H19N3O. The Labute approximate surface area is 96.4 Å². The Morgan fingerprint density at radius 2 is 2.12 bits per heavy atom. The Bertz CT molecular complexity index is 348.